The van der Waals surface area contributed by atoms with Crippen LogP contribution in [-0.4, -0.2) is 49.9 Å². The molecule has 14 heteroatoms. The van der Waals surface area contributed by atoms with Gasteiger partial charge in [0.1, 0.15) is 11.6 Å². The van der Waals surface area contributed by atoms with E-state index in [-0.39, 0.29) is 24.8 Å². The first-order valence-corrected chi connectivity index (χ1v) is 15.6. The zero-order valence-corrected chi connectivity index (χ0v) is 25.5. The maximum absolute atomic E-state index is 14.1. The Morgan fingerprint density at radius 1 is 0.867 bits per heavy atom. The molecule has 0 aliphatic carbocycles. The van der Waals surface area contributed by atoms with E-state index in [2.05, 4.69) is 4.98 Å². The number of benzene rings is 2. The standard InChI is InChI=1S/C31H30F7N3O3S/c1-17-9-21(32)5-8-24(17)25-13-27(41-15-22-6-7-23(16-41)45(22,43)44)39-14-26(25)40(4)28(42)29(2,3)18-10-19(30(33,34)35)12-20(11-18)31(36,37)38/h5,8-14,22-23H,6-7,15-16H2,1-4H3/t22-,23+. The van der Waals surface area contributed by atoms with E-state index in [1.54, 1.807) is 13.0 Å². The topological polar surface area (TPSA) is 70.6 Å². The van der Waals surface area contributed by atoms with Crippen molar-refractivity contribution in [3.05, 3.63) is 76.7 Å². The average Bonchev–Trinajstić information content (AvgIpc) is 3.10. The third-order valence-electron chi connectivity index (χ3n) is 8.77. The summed E-state index contributed by atoms with van der Waals surface area (Å²) in [4.78, 5) is 21.4. The van der Waals surface area contributed by atoms with Gasteiger partial charge in [0.25, 0.3) is 0 Å². The normalized spacial score (nSPS) is 19.9. The molecule has 3 heterocycles. The van der Waals surface area contributed by atoms with Crippen LogP contribution >= 0.6 is 0 Å². The average molecular weight is 658 g/mol. The summed E-state index contributed by atoms with van der Waals surface area (Å²) in [6.45, 7) is 4.53. The van der Waals surface area contributed by atoms with Crippen molar-refractivity contribution in [2.45, 2.75) is 61.9 Å². The van der Waals surface area contributed by atoms with Crippen LogP contribution in [0.25, 0.3) is 11.1 Å². The predicted octanol–water partition coefficient (Wildman–Crippen LogP) is 6.94. The van der Waals surface area contributed by atoms with E-state index in [1.165, 1.54) is 45.3 Å². The third kappa shape index (κ3) is 6.00. The molecule has 45 heavy (non-hydrogen) atoms. The highest BCUT2D eigenvalue weighted by Crippen LogP contribution is 2.42. The number of likely N-dealkylation sites (N-methyl/N-ethyl adjacent to an activating group) is 1. The number of rotatable bonds is 5. The molecule has 0 saturated carbocycles. The molecule has 2 bridgehead atoms. The monoisotopic (exact) mass is 657 g/mol. The van der Waals surface area contributed by atoms with E-state index >= 15 is 0 Å². The van der Waals surface area contributed by atoms with Gasteiger partial charge in [0.05, 0.1) is 38.9 Å². The molecule has 2 aromatic carbocycles. The molecule has 3 aromatic rings. The number of carbonyl (C=O) groups excluding carboxylic acids is 1. The summed E-state index contributed by atoms with van der Waals surface area (Å²) in [5.41, 5.74) is -3.89. The van der Waals surface area contributed by atoms with Gasteiger partial charge < -0.3 is 9.80 Å². The van der Waals surface area contributed by atoms with Crippen molar-refractivity contribution >= 4 is 27.2 Å². The fourth-order valence-corrected chi connectivity index (χ4v) is 8.36. The van der Waals surface area contributed by atoms with Crippen molar-refractivity contribution in [2.75, 3.05) is 29.9 Å². The Labute approximate surface area is 255 Å². The molecule has 2 fully saturated rings. The highest BCUT2D eigenvalue weighted by Gasteiger charge is 2.47. The van der Waals surface area contributed by atoms with Crippen molar-refractivity contribution in [1.29, 1.82) is 0 Å². The van der Waals surface area contributed by atoms with Gasteiger partial charge in [-0.1, -0.05) is 6.07 Å². The molecule has 2 aliphatic heterocycles. The number of hydrogen-bond acceptors (Lipinski definition) is 5. The van der Waals surface area contributed by atoms with Crippen LogP contribution in [0.15, 0.2) is 48.7 Å². The maximum Gasteiger partial charge on any atom is 0.416 e. The molecule has 1 amide bonds. The zero-order valence-electron chi connectivity index (χ0n) is 24.7. The third-order valence-corrected chi connectivity index (χ3v) is 11.4. The van der Waals surface area contributed by atoms with Crippen molar-refractivity contribution < 1.29 is 43.9 Å². The molecule has 0 unspecified atom stereocenters. The Balaban J connectivity index is 1.59. The lowest BCUT2D eigenvalue weighted by Gasteiger charge is -2.34. The summed E-state index contributed by atoms with van der Waals surface area (Å²) in [6.07, 6.45) is -7.78. The summed E-state index contributed by atoms with van der Waals surface area (Å²) < 4.78 is 121. The van der Waals surface area contributed by atoms with Gasteiger partial charge in [0.2, 0.25) is 5.91 Å². The number of aryl methyl sites for hydroxylation is 1. The molecule has 2 aliphatic rings. The second-order valence-electron chi connectivity index (χ2n) is 12.1. The number of pyridine rings is 1. The second kappa shape index (κ2) is 11.0. The zero-order chi connectivity index (χ0) is 33.3. The number of hydrogen-bond donors (Lipinski definition) is 0. The molecule has 242 valence electrons. The van der Waals surface area contributed by atoms with Gasteiger partial charge in [0.15, 0.2) is 9.84 Å². The Bertz CT molecular complexity index is 1720. The number of amides is 1. The summed E-state index contributed by atoms with van der Waals surface area (Å²) in [5, 5.41) is -1.10. The van der Waals surface area contributed by atoms with Crippen LogP contribution in [-0.2, 0) is 32.4 Å². The van der Waals surface area contributed by atoms with Gasteiger partial charge in [0, 0.05) is 25.7 Å². The summed E-state index contributed by atoms with van der Waals surface area (Å²) in [6, 6.07) is 6.69. The summed E-state index contributed by atoms with van der Waals surface area (Å²) in [7, 11) is -1.92. The molecule has 2 saturated heterocycles. The van der Waals surface area contributed by atoms with Crippen LogP contribution in [0.1, 0.15) is 48.9 Å². The van der Waals surface area contributed by atoms with E-state index < -0.39 is 66.5 Å². The van der Waals surface area contributed by atoms with Crippen molar-refractivity contribution in [3.63, 3.8) is 0 Å². The number of carbonyl (C=O) groups is 1. The molecule has 2 atom stereocenters. The number of alkyl halides is 6. The molecule has 0 spiro atoms. The van der Waals surface area contributed by atoms with Crippen LogP contribution in [0.5, 0.6) is 0 Å². The highest BCUT2D eigenvalue weighted by atomic mass is 32.2. The summed E-state index contributed by atoms with van der Waals surface area (Å²) in [5.74, 6) is -0.926. The molecular weight excluding hydrogens is 627 g/mol. The van der Waals surface area contributed by atoms with Crippen molar-refractivity contribution in [1.82, 2.24) is 4.98 Å². The molecule has 0 radical (unpaired) electrons. The number of anilines is 2. The van der Waals surface area contributed by atoms with Crippen LogP contribution < -0.4 is 9.80 Å². The van der Waals surface area contributed by atoms with Gasteiger partial charge in [-0.05, 0) is 86.7 Å². The Hall–Kier alpha value is -3.68. The number of aromatic nitrogens is 1. The smallest absolute Gasteiger partial charge is 0.354 e. The fraction of sp³-hybridized carbons (Fsp3) is 0.419. The number of halogens is 7. The van der Waals surface area contributed by atoms with Crippen molar-refractivity contribution in [3.8, 4) is 11.1 Å². The number of sulfone groups is 1. The van der Waals surface area contributed by atoms with Gasteiger partial charge in [-0.2, -0.15) is 26.3 Å². The molecule has 5 rings (SSSR count). The molecule has 1 aromatic heterocycles. The first kappa shape index (κ1) is 32.7. The molecular formula is C31H30F7N3O3S. The second-order valence-corrected chi connectivity index (χ2v) is 14.6. The lowest BCUT2D eigenvalue weighted by atomic mass is 9.81. The summed E-state index contributed by atoms with van der Waals surface area (Å²) >= 11 is 0. The first-order valence-electron chi connectivity index (χ1n) is 14.0. The van der Waals surface area contributed by atoms with Crippen LogP contribution in [0, 0.1) is 12.7 Å². The van der Waals surface area contributed by atoms with E-state index in [4.69, 9.17) is 0 Å². The minimum atomic E-state index is -5.10. The Morgan fingerprint density at radius 3 is 1.91 bits per heavy atom. The number of nitrogens with zero attached hydrogens (tertiary/aromatic N) is 3. The minimum absolute atomic E-state index is 0.00383. The lowest BCUT2D eigenvalue weighted by Crippen LogP contribution is -2.47. The van der Waals surface area contributed by atoms with Crippen LogP contribution in [0.3, 0.4) is 0 Å². The quantitative estimate of drug-likeness (QED) is 0.278. The highest BCUT2D eigenvalue weighted by molar-refractivity contribution is 7.93. The predicted molar refractivity (Wildman–Crippen MR) is 155 cm³/mol. The Morgan fingerprint density at radius 2 is 1.40 bits per heavy atom. The molecule has 0 N–H and O–H groups in total. The minimum Gasteiger partial charge on any atom is -0.354 e. The van der Waals surface area contributed by atoms with Crippen LogP contribution in [0.2, 0.25) is 0 Å². The maximum atomic E-state index is 14.1. The van der Waals surface area contributed by atoms with Crippen LogP contribution in [0.4, 0.5) is 42.2 Å². The van der Waals surface area contributed by atoms with Gasteiger partial charge in [-0.25, -0.2) is 17.8 Å². The van der Waals surface area contributed by atoms with Crippen molar-refractivity contribution in [2.24, 2.45) is 0 Å². The molecule has 6 nitrogen and oxygen atoms in total. The van der Waals surface area contributed by atoms with E-state index in [9.17, 15) is 43.9 Å². The first-order chi connectivity index (χ1) is 20.7. The largest absolute Gasteiger partial charge is 0.416 e. The SMILES string of the molecule is Cc1cc(F)ccc1-c1cc(N2C[C@H]3CC[C@@H](C2)S3(=O)=O)ncc1N(C)C(=O)C(C)(C)c1cc(C(F)(F)F)cc(C(F)(F)F)c1. The fourth-order valence-electron chi connectivity index (χ4n) is 6.11. The van der Waals surface area contributed by atoms with E-state index in [0.29, 0.717) is 47.5 Å². The van der Waals surface area contributed by atoms with E-state index in [1.807, 2.05) is 4.90 Å². The van der Waals surface area contributed by atoms with Gasteiger partial charge >= 0.3 is 12.4 Å². The lowest BCUT2D eigenvalue weighted by molar-refractivity contribution is -0.143. The van der Waals surface area contributed by atoms with Gasteiger partial charge in [-0.15, -0.1) is 0 Å². The Kier molecular flexibility index (Phi) is 7.99. The number of fused-ring (bicyclic) bond motifs is 2. The van der Waals surface area contributed by atoms with E-state index in [0.717, 1.165) is 4.90 Å². The van der Waals surface area contributed by atoms with Gasteiger partial charge in [-0.3, -0.25) is 4.79 Å².